The molecule has 2 rings (SSSR count). The van der Waals surface area contributed by atoms with Crippen molar-refractivity contribution in [1.29, 1.82) is 0 Å². The summed E-state index contributed by atoms with van der Waals surface area (Å²) in [5, 5.41) is 10.2. The number of amides is 2. The van der Waals surface area contributed by atoms with E-state index < -0.39 is 11.5 Å². The Labute approximate surface area is 136 Å². The first-order valence-electron chi connectivity index (χ1n) is 7.96. The van der Waals surface area contributed by atoms with E-state index in [0.717, 1.165) is 17.7 Å². The Morgan fingerprint density at radius 3 is 2.91 bits per heavy atom. The maximum atomic E-state index is 12.4. The van der Waals surface area contributed by atoms with Crippen LogP contribution >= 0.6 is 0 Å². The van der Waals surface area contributed by atoms with Crippen LogP contribution in [0.3, 0.4) is 0 Å². The summed E-state index contributed by atoms with van der Waals surface area (Å²) in [6.45, 7) is 3.16. The highest BCUT2D eigenvalue weighted by atomic mass is 16.5. The molecule has 1 saturated heterocycles. The van der Waals surface area contributed by atoms with Crippen molar-refractivity contribution in [2.45, 2.75) is 38.2 Å². The maximum absolute atomic E-state index is 12.4. The average molecular weight is 320 g/mol. The third-order valence-electron chi connectivity index (χ3n) is 4.01. The van der Waals surface area contributed by atoms with Gasteiger partial charge >= 0.3 is 0 Å². The van der Waals surface area contributed by atoms with Gasteiger partial charge in [-0.3, -0.25) is 9.59 Å². The van der Waals surface area contributed by atoms with Gasteiger partial charge in [0.05, 0.1) is 19.6 Å². The number of β-amino-alcohol motifs (C(OH)–C–C–N with tert-alkyl or cyclic N) is 1. The molecule has 0 aliphatic carbocycles. The van der Waals surface area contributed by atoms with Gasteiger partial charge in [0.2, 0.25) is 5.91 Å². The fraction of sp³-hybridized carbons (Fsp3) is 0.529. The van der Waals surface area contributed by atoms with Crippen molar-refractivity contribution in [3.05, 3.63) is 29.8 Å². The molecule has 1 aromatic rings. The first kappa shape index (κ1) is 17.3. The average Bonchev–Trinajstić information content (AvgIpc) is 2.53. The Hall–Kier alpha value is -2.08. The number of carbonyl (C=O) groups is 2. The van der Waals surface area contributed by atoms with Crippen molar-refractivity contribution in [3.8, 4) is 5.75 Å². The molecule has 3 N–H and O–H groups in total. The summed E-state index contributed by atoms with van der Waals surface area (Å²) in [6, 6.07) is 7.42. The van der Waals surface area contributed by atoms with Crippen LogP contribution in [0.2, 0.25) is 0 Å². The Balaban J connectivity index is 2.00. The quantitative estimate of drug-likeness (QED) is 0.813. The van der Waals surface area contributed by atoms with Crippen LogP contribution in [0.5, 0.6) is 5.75 Å². The molecule has 0 saturated carbocycles. The number of piperidine rings is 1. The molecule has 126 valence electrons. The number of nitrogens with two attached hydrogens (primary N) is 1. The first-order chi connectivity index (χ1) is 10.9. The van der Waals surface area contributed by atoms with Gasteiger partial charge in [0.15, 0.2) is 5.60 Å². The molecule has 6 heteroatoms. The van der Waals surface area contributed by atoms with Gasteiger partial charge in [0.1, 0.15) is 5.75 Å². The summed E-state index contributed by atoms with van der Waals surface area (Å²) < 4.78 is 5.56. The molecule has 6 nitrogen and oxygen atoms in total. The van der Waals surface area contributed by atoms with E-state index in [1.165, 1.54) is 4.90 Å². The molecule has 1 atom stereocenters. The molecule has 1 aliphatic heterocycles. The number of likely N-dealkylation sites (tertiary alicyclic amines) is 1. The van der Waals surface area contributed by atoms with E-state index in [-0.39, 0.29) is 18.9 Å². The van der Waals surface area contributed by atoms with Crippen LogP contribution in [-0.2, 0) is 16.0 Å². The van der Waals surface area contributed by atoms with E-state index in [9.17, 15) is 14.7 Å². The minimum Gasteiger partial charge on any atom is -0.494 e. The highest BCUT2D eigenvalue weighted by Gasteiger charge is 2.40. The molecule has 1 heterocycles. The van der Waals surface area contributed by atoms with Crippen LogP contribution in [0.4, 0.5) is 0 Å². The van der Waals surface area contributed by atoms with Crippen LogP contribution in [0, 0.1) is 0 Å². The number of rotatable bonds is 6. The topological polar surface area (TPSA) is 92.9 Å². The summed E-state index contributed by atoms with van der Waals surface area (Å²) in [4.78, 5) is 25.3. The lowest BCUT2D eigenvalue weighted by Crippen LogP contribution is -2.57. The van der Waals surface area contributed by atoms with E-state index in [2.05, 4.69) is 0 Å². The number of nitrogens with zero attached hydrogens (tertiary/aromatic N) is 1. The number of carbonyl (C=O) groups excluding carboxylic acids is 2. The largest absolute Gasteiger partial charge is 0.494 e. The summed E-state index contributed by atoms with van der Waals surface area (Å²) >= 11 is 0. The highest BCUT2D eigenvalue weighted by Crippen LogP contribution is 2.22. The lowest BCUT2D eigenvalue weighted by Gasteiger charge is -2.37. The number of ether oxygens (including phenoxy) is 1. The van der Waals surface area contributed by atoms with Gasteiger partial charge in [0.25, 0.3) is 5.91 Å². The van der Waals surface area contributed by atoms with E-state index in [1.807, 2.05) is 31.2 Å². The smallest absolute Gasteiger partial charge is 0.251 e. The molecule has 23 heavy (non-hydrogen) atoms. The molecule has 1 fully saturated rings. The first-order valence-corrected chi connectivity index (χ1v) is 7.96. The van der Waals surface area contributed by atoms with E-state index >= 15 is 0 Å². The van der Waals surface area contributed by atoms with Crippen molar-refractivity contribution >= 4 is 11.8 Å². The third kappa shape index (κ3) is 4.45. The Morgan fingerprint density at radius 1 is 1.43 bits per heavy atom. The van der Waals surface area contributed by atoms with Crippen molar-refractivity contribution in [2.75, 3.05) is 19.7 Å². The predicted octanol–water partition coefficient (Wildman–Crippen LogP) is 0.857. The predicted molar refractivity (Wildman–Crippen MR) is 85.9 cm³/mol. The van der Waals surface area contributed by atoms with Crippen LogP contribution < -0.4 is 10.5 Å². The van der Waals surface area contributed by atoms with Gasteiger partial charge in [-0.1, -0.05) is 19.1 Å². The number of benzene rings is 1. The number of hydrogen-bond donors (Lipinski definition) is 2. The molecule has 0 unspecified atom stereocenters. The van der Waals surface area contributed by atoms with E-state index in [0.29, 0.717) is 26.0 Å². The summed E-state index contributed by atoms with van der Waals surface area (Å²) in [6.07, 6.45) is 1.98. The standard InChI is InChI=1S/C17H24N2O4/c1-2-9-23-14-6-3-5-13(10-14)11-15(20)19-8-4-7-17(22,12-19)16(18)21/h3,5-6,10,22H,2,4,7-9,11-12H2,1H3,(H2,18,21)/t17-/m1/s1. The van der Waals surface area contributed by atoms with Gasteiger partial charge in [-0.05, 0) is 37.0 Å². The van der Waals surface area contributed by atoms with Crippen LogP contribution in [0.15, 0.2) is 24.3 Å². The van der Waals surface area contributed by atoms with Crippen LogP contribution in [0.25, 0.3) is 0 Å². The fourth-order valence-electron chi connectivity index (χ4n) is 2.70. The third-order valence-corrected chi connectivity index (χ3v) is 4.01. The van der Waals surface area contributed by atoms with E-state index in [4.69, 9.17) is 10.5 Å². The van der Waals surface area contributed by atoms with Gasteiger partial charge in [-0.2, -0.15) is 0 Å². The molecule has 0 radical (unpaired) electrons. The normalized spacial score (nSPS) is 21.0. The SMILES string of the molecule is CCCOc1cccc(CC(=O)N2CCC[C@](O)(C(N)=O)C2)c1. The van der Waals surface area contributed by atoms with Crippen molar-refractivity contribution in [3.63, 3.8) is 0 Å². The molecule has 1 aliphatic rings. The number of aliphatic hydroxyl groups is 1. The van der Waals surface area contributed by atoms with Gasteiger partial charge in [0, 0.05) is 6.54 Å². The number of primary amides is 1. The molecular weight excluding hydrogens is 296 g/mol. The minimum absolute atomic E-state index is 0.0345. The second-order valence-corrected chi connectivity index (χ2v) is 5.99. The molecule has 0 bridgehead atoms. The lowest BCUT2D eigenvalue weighted by atomic mass is 9.92. The zero-order valence-electron chi connectivity index (χ0n) is 13.5. The maximum Gasteiger partial charge on any atom is 0.251 e. The molecule has 1 aromatic carbocycles. The number of hydrogen-bond acceptors (Lipinski definition) is 4. The summed E-state index contributed by atoms with van der Waals surface area (Å²) in [5.41, 5.74) is 4.47. The second-order valence-electron chi connectivity index (χ2n) is 5.99. The highest BCUT2D eigenvalue weighted by molar-refractivity contribution is 5.85. The minimum atomic E-state index is -1.61. The van der Waals surface area contributed by atoms with Crippen molar-refractivity contribution in [2.24, 2.45) is 5.73 Å². The van der Waals surface area contributed by atoms with Crippen molar-refractivity contribution in [1.82, 2.24) is 4.90 Å². The van der Waals surface area contributed by atoms with Crippen LogP contribution in [0.1, 0.15) is 31.7 Å². The zero-order chi connectivity index (χ0) is 16.9. The summed E-state index contributed by atoms with van der Waals surface area (Å²) in [5.74, 6) is -0.161. The monoisotopic (exact) mass is 320 g/mol. The second kappa shape index (κ2) is 7.46. The Bertz CT molecular complexity index is 575. The molecule has 0 aromatic heterocycles. The molecule has 2 amide bonds. The van der Waals surface area contributed by atoms with Gasteiger partial charge in [-0.15, -0.1) is 0 Å². The lowest BCUT2D eigenvalue weighted by molar-refractivity contribution is -0.148. The van der Waals surface area contributed by atoms with Gasteiger partial charge < -0.3 is 20.5 Å². The fourth-order valence-corrected chi connectivity index (χ4v) is 2.70. The zero-order valence-corrected chi connectivity index (χ0v) is 13.5. The van der Waals surface area contributed by atoms with E-state index in [1.54, 1.807) is 0 Å². The van der Waals surface area contributed by atoms with Crippen LogP contribution in [-0.4, -0.2) is 47.1 Å². The molecular formula is C17H24N2O4. The molecule has 0 spiro atoms. The summed E-state index contributed by atoms with van der Waals surface area (Å²) in [7, 11) is 0. The van der Waals surface area contributed by atoms with Crippen molar-refractivity contribution < 1.29 is 19.4 Å². The Kier molecular flexibility index (Phi) is 5.60. The van der Waals surface area contributed by atoms with Gasteiger partial charge in [-0.25, -0.2) is 0 Å². The Morgan fingerprint density at radius 2 is 2.22 bits per heavy atom.